The first-order valence-electron chi connectivity index (χ1n) is 10.3. The summed E-state index contributed by atoms with van der Waals surface area (Å²) in [6.45, 7) is 2.33. The van der Waals surface area contributed by atoms with Gasteiger partial charge in [-0.15, -0.1) is 0 Å². The number of amides is 1. The van der Waals surface area contributed by atoms with Gasteiger partial charge < -0.3 is 10.4 Å². The molecule has 2 aromatic rings. The molecule has 2 aliphatic rings. The van der Waals surface area contributed by atoms with Gasteiger partial charge in [-0.05, 0) is 68.3 Å². The fraction of sp³-hybridized carbons (Fsp3) is 0.478. The molecule has 2 heterocycles. The zero-order chi connectivity index (χ0) is 19.3. The minimum absolute atomic E-state index is 0.0511. The molecule has 2 N–H and O–H groups in total. The SMILES string of the molecule is O=C(CN1CCC(c2ccccc2)CC1)N[C@H](c1ccccn1)C1CC(O)C1. The smallest absolute Gasteiger partial charge is 0.234 e. The highest BCUT2D eigenvalue weighted by molar-refractivity contribution is 5.78. The number of carbonyl (C=O) groups excluding carboxylic acids is 1. The highest BCUT2D eigenvalue weighted by Crippen LogP contribution is 2.37. The summed E-state index contributed by atoms with van der Waals surface area (Å²) in [6.07, 6.45) is 5.16. The molecule has 1 saturated heterocycles. The molecule has 0 radical (unpaired) electrons. The number of nitrogens with zero attached hydrogens (tertiary/aromatic N) is 2. The summed E-state index contributed by atoms with van der Waals surface area (Å²) in [7, 11) is 0. The van der Waals surface area contributed by atoms with E-state index < -0.39 is 0 Å². The number of hydrogen-bond donors (Lipinski definition) is 2. The van der Waals surface area contributed by atoms with Crippen LogP contribution in [0.2, 0.25) is 0 Å². The predicted molar refractivity (Wildman–Crippen MR) is 109 cm³/mol. The summed E-state index contributed by atoms with van der Waals surface area (Å²) in [5.41, 5.74) is 2.29. The van der Waals surface area contributed by atoms with Gasteiger partial charge in [0.2, 0.25) is 5.91 Å². The molecule has 28 heavy (non-hydrogen) atoms. The fourth-order valence-corrected chi connectivity index (χ4v) is 4.47. The molecule has 0 unspecified atom stereocenters. The van der Waals surface area contributed by atoms with E-state index in [0.29, 0.717) is 12.5 Å². The van der Waals surface area contributed by atoms with Crippen LogP contribution < -0.4 is 5.32 Å². The van der Waals surface area contributed by atoms with Crippen LogP contribution in [-0.4, -0.2) is 46.6 Å². The number of nitrogens with one attached hydrogen (secondary N) is 1. The molecule has 1 saturated carbocycles. The van der Waals surface area contributed by atoms with Crippen molar-refractivity contribution in [3.63, 3.8) is 0 Å². The summed E-state index contributed by atoms with van der Waals surface area (Å²) in [5.74, 6) is 0.908. The van der Waals surface area contributed by atoms with Gasteiger partial charge in [-0.3, -0.25) is 14.7 Å². The minimum Gasteiger partial charge on any atom is -0.393 e. The van der Waals surface area contributed by atoms with Crippen molar-refractivity contribution < 1.29 is 9.90 Å². The van der Waals surface area contributed by atoms with E-state index in [1.807, 2.05) is 18.2 Å². The number of piperidine rings is 1. The Kier molecular flexibility index (Phi) is 6.03. The highest BCUT2D eigenvalue weighted by Gasteiger charge is 2.36. The second-order valence-electron chi connectivity index (χ2n) is 8.15. The molecule has 1 atom stereocenters. The van der Waals surface area contributed by atoms with Gasteiger partial charge in [0.15, 0.2) is 0 Å². The number of aliphatic hydroxyl groups excluding tert-OH is 1. The molecular formula is C23H29N3O2. The van der Waals surface area contributed by atoms with E-state index in [9.17, 15) is 9.90 Å². The molecule has 0 bridgehead atoms. The number of aromatic nitrogens is 1. The van der Waals surface area contributed by atoms with Crippen molar-refractivity contribution in [2.24, 2.45) is 5.92 Å². The molecule has 1 aliphatic carbocycles. The first kappa shape index (κ1) is 19.1. The van der Waals surface area contributed by atoms with Gasteiger partial charge in [0.25, 0.3) is 0 Å². The lowest BCUT2D eigenvalue weighted by Gasteiger charge is -2.38. The summed E-state index contributed by atoms with van der Waals surface area (Å²) in [5, 5.41) is 12.9. The number of rotatable bonds is 6. The lowest BCUT2D eigenvalue weighted by molar-refractivity contribution is -0.124. The predicted octanol–water partition coefficient (Wildman–Crippen LogP) is 2.89. The van der Waals surface area contributed by atoms with Crippen molar-refractivity contribution in [1.29, 1.82) is 0 Å². The van der Waals surface area contributed by atoms with Crippen molar-refractivity contribution in [3.05, 3.63) is 66.0 Å². The number of carbonyl (C=O) groups is 1. The first-order chi connectivity index (χ1) is 13.7. The van der Waals surface area contributed by atoms with Crippen molar-refractivity contribution in [2.75, 3.05) is 19.6 Å². The molecule has 5 heteroatoms. The third-order valence-electron chi connectivity index (χ3n) is 6.17. The lowest BCUT2D eigenvalue weighted by atomic mass is 9.76. The number of benzene rings is 1. The Morgan fingerprint density at radius 1 is 1.11 bits per heavy atom. The van der Waals surface area contributed by atoms with Gasteiger partial charge >= 0.3 is 0 Å². The van der Waals surface area contributed by atoms with E-state index in [1.165, 1.54) is 5.56 Å². The van der Waals surface area contributed by atoms with Gasteiger partial charge in [-0.2, -0.15) is 0 Å². The summed E-state index contributed by atoms with van der Waals surface area (Å²) < 4.78 is 0. The average Bonchev–Trinajstić information content (AvgIpc) is 2.72. The monoisotopic (exact) mass is 379 g/mol. The highest BCUT2D eigenvalue weighted by atomic mass is 16.3. The lowest BCUT2D eigenvalue weighted by Crippen LogP contribution is -2.46. The Morgan fingerprint density at radius 2 is 1.82 bits per heavy atom. The molecule has 5 nitrogen and oxygen atoms in total. The maximum atomic E-state index is 12.7. The second-order valence-corrected chi connectivity index (χ2v) is 8.15. The van der Waals surface area contributed by atoms with Crippen LogP contribution in [0.3, 0.4) is 0 Å². The molecular weight excluding hydrogens is 350 g/mol. The molecule has 2 fully saturated rings. The molecule has 1 aliphatic heterocycles. The van der Waals surface area contributed by atoms with Crippen molar-refractivity contribution in [1.82, 2.24) is 15.2 Å². The third kappa shape index (κ3) is 4.59. The third-order valence-corrected chi connectivity index (χ3v) is 6.17. The summed E-state index contributed by atoms with van der Waals surface area (Å²) >= 11 is 0. The maximum absolute atomic E-state index is 12.7. The normalized spacial score (nSPS) is 24.3. The largest absolute Gasteiger partial charge is 0.393 e. The van der Waals surface area contributed by atoms with E-state index in [-0.39, 0.29) is 24.0 Å². The van der Waals surface area contributed by atoms with E-state index in [1.54, 1.807) is 6.20 Å². The quantitative estimate of drug-likeness (QED) is 0.810. The molecule has 1 aromatic heterocycles. The number of hydrogen-bond acceptors (Lipinski definition) is 4. The average molecular weight is 380 g/mol. The first-order valence-corrected chi connectivity index (χ1v) is 10.3. The van der Waals surface area contributed by atoms with Crippen molar-refractivity contribution in [3.8, 4) is 0 Å². The Balaban J connectivity index is 1.31. The zero-order valence-electron chi connectivity index (χ0n) is 16.2. The van der Waals surface area contributed by atoms with Crippen LogP contribution in [0.25, 0.3) is 0 Å². The Labute approximate surface area is 166 Å². The summed E-state index contributed by atoms with van der Waals surface area (Å²) in [4.78, 5) is 19.4. The minimum atomic E-state index is -0.245. The van der Waals surface area contributed by atoms with E-state index in [0.717, 1.165) is 44.5 Å². The number of likely N-dealkylation sites (tertiary alicyclic amines) is 1. The van der Waals surface area contributed by atoms with Gasteiger partial charge in [0.1, 0.15) is 0 Å². The van der Waals surface area contributed by atoms with Crippen LogP contribution >= 0.6 is 0 Å². The van der Waals surface area contributed by atoms with Crippen LogP contribution in [0, 0.1) is 5.92 Å². The van der Waals surface area contributed by atoms with Crippen LogP contribution in [0.4, 0.5) is 0 Å². The zero-order valence-corrected chi connectivity index (χ0v) is 16.2. The second kappa shape index (κ2) is 8.84. The molecule has 0 spiro atoms. The Bertz CT molecular complexity index is 754. The number of pyridine rings is 1. The summed E-state index contributed by atoms with van der Waals surface area (Å²) in [6, 6.07) is 16.4. The standard InChI is InChI=1S/C23H29N3O2/c27-20-14-19(15-20)23(21-8-4-5-11-24-21)25-22(28)16-26-12-9-18(10-13-26)17-6-2-1-3-7-17/h1-8,11,18-20,23,27H,9-10,12-16H2,(H,25,28)/t19?,20?,23-/m0/s1. The van der Waals surface area contributed by atoms with Gasteiger partial charge in [0.05, 0.1) is 24.4 Å². The van der Waals surface area contributed by atoms with Crippen LogP contribution in [-0.2, 0) is 4.79 Å². The van der Waals surface area contributed by atoms with Crippen LogP contribution in [0.15, 0.2) is 54.7 Å². The van der Waals surface area contributed by atoms with Crippen molar-refractivity contribution in [2.45, 2.75) is 43.7 Å². The van der Waals surface area contributed by atoms with Crippen LogP contribution in [0.5, 0.6) is 0 Å². The fourth-order valence-electron chi connectivity index (χ4n) is 4.47. The van der Waals surface area contributed by atoms with Crippen LogP contribution in [0.1, 0.15) is 48.9 Å². The van der Waals surface area contributed by atoms with Gasteiger partial charge in [-0.25, -0.2) is 0 Å². The topological polar surface area (TPSA) is 65.5 Å². The maximum Gasteiger partial charge on any atom is 0.234 e. The molecule has 1 aromatic carbocycles. The Hall–Kier alpha value is -2.24. The van der Waals surface area contributed by atoms with E-state index >= 15 is 0 Å². The molecule has 4 rings (SSSR count). The molecule has 148 valence electrons. The van der Waals surface area contributed by atoms with Gasteiger partial charge in [-0.1, -0.05) is 36.4 Å². The van der Waals surface area contributed by atoms with Gasteiger partial charge in [0, 0.05) is 6.20 Å². The number of aliphatic hydroxyl groups is 1. The molecule has 1 amide bonds. The Morgan fingerprint density at radius 3 is 2.46 bits per heavy atom. The van der Waals surface area contributed by atoms with E-state index in [2.05, 4.69) is 45.5 Å². The van der Waals surface area contributed by atoms with Crippen molar-refractivity contribution >= 4 is 5.91 Å². The van der Waals surface area contributed by atoms with E-state index in [4.69, 9.17) is 0 Å².